The molecule has 0 saturated heterocycles. The molecule has 3 N–H and O–H groups in total. The number of phenols is 1. The number of unbranched alkanes of at least 4 members (excludes halogenated alkanes) is 4. The number of aliphatic hydroxyl groups excluding tert-OH is 1. The fourth-order valence-electron chi connectivity index (χ4n) is 2.68. The van der Waals surface area contributed by atoms with Crippen molar-refractivity contribution < 1.29 is 18.6 Å². The van der Waals surface area contributed by atoms with Crippen LogP contribution in [0.25, 0.3) is 0 Å². The number of hydrogen-bond acceptors (Lipinski definition) is 4. The van der Waals surface area contributed by atoms with E-state index in [1.165, 1.54) is 19.3 Å². The number of anilines is 1. The zero-order valence-corrected chi connectivity index (χ0v) is 14.4. The SMILES string of the molecule is CCCCCCCc1cc(N2C=C(O)NS2(=O)=O)c(O)cc1C. The van der Waals surface area contributed by atoms with Gasteiger partial charge in [0.05, 0.1) is 6.20 Å². The van der Waals surface area contributed by atoms with Crippen LogP contribution in [0.4, 0.5) is 5.69 Å². The van der Waals surface area contributed by atoms with Crippen molar-refractivity contribution in [1.82, 2.24) is 4.72 Å². The Labute approximate surface area is 137 Å². The van der Waals surface area contributed by atoms with Crippen LogP contribution < -0.4 is 9.03 Å². The highest BCUT2D eigenvalue weighted by Crippen LogP contribution is 2.34. The largest absolute Gasteiger partial charge is 0.506 e. The molecule has 0 amide bonds. The van der Waals surface area contributed by atoms with Gasteiger partial charge in [-0.2, -0.15) is 8.42 Å². The van der Waals surface area contributed by atoms with E-state index in [1.807, 2.05) is 11.6 Å². The minimum atomic E-state index is -3.89. The molecular formula is C16H24N2O4S. The van der Waals surface area contributed by atoms with Gasteiger partial charge in [-0.3, -0.25) is 0 Å². The van der Waals surface area contributed by atoms with Crippen molar-refractivity contribution in [2.45, 2.75) is 52.4 Å². The van der Waals surface area contributed by atoms with E-state index in [2.05, 4.69) is 6.92 Å². The summed E-state index contributed by atoms with van der Waals surface area (Å²) in [7, 11) is -3.89. The lowest BCUT2D eigenvalue weighted by Crippen LogP contribution is -2.29. The van der Waals surface area contributed by atoms with Crippen molar-refractivity contribution in [2.24, 2.45) is 0 Å². The fraction of sp³-hybridized carbons (Fsp3) is 0.500. The summed E-state index contributed by atoms with van der Waals surface area (Å²) in [5.41, 5.74) is 2.08. The van der Waals surface area contributed by atoms with Gasteiger partial charge in [-0.05, 0) is 43.0 Å². The second-order valence-corrected chi connectivity index (χ2v) is 7.40. The van der Waals surface area contributed by atoms with Gasteiger partial charge in [0, 0.05) is 0 Å². The molecule has 0 unspecified atom stereocenters. The minimum absolute atomic E-state index is 0.131. The zero-order valence-electron chi connectivity index (χ0n) is 13.5. The van der Waals surface area contributed by atoms with Gasteiger partial charge in [-0.15, -0.1) is 0 Å². The third kappa shape index (κ3) is 4.10. The van der Waals surface area contributed by atoms with E-state index in [4.69, 9.17) is 0 Å². The molecule has 2 rings (SSSR count). The first-order chi connectivity index (χ1) is 10.8. The monoisotopic (exact) mass is 340 g/mol. The molecule has 0 radical (unpaired) electrons. The van der Waals surface area contributed by atoms with Crippen molar-refractivity contribution in [3.05, 3.63) is 35.3 Å². The Morgan fingerprint density at radius 3 is 2.43 bits per heavy atom. The number of hydrogen-bond donors (Lipinski definition) is 3. The number of aliphatic hydroxyl groups is 1. The van der Waals surface area contributed by atoms with Gasteiger partial charge in [-0.1, -0.05) is 32.6 Å². The van der Waals surface area contributed by atoms with Crippen LogP contribution >= 0.6 is 0 Å². The summed E-state index contributed by atoms with van der Waals surface area (Å²) in [5, 5.41) is 19.5. The van der Waals surface area contributed by atoms with Crippen LogP contribution in [0.15, 0.2) is 24.2 Å². The number of phenolic OH excluding ortho intramolecular Hbond substituents is 1. The van der Waals surface area contributed by atoms with E-state index in [0.29, 0.717) is 0 Å². The Bertz CT molecular complexity index is 698. The first kappa shape index (κ1) is 17.5. The molecule has 0 atom stereocenters. The molecular weight excluding hydrogens is 316 g/mol. The van der Waals surface area contributed by atoms with Gasteiger partial charge in [0.1, 0.15) is 11.4 Å². The van der Waals surface area contributed by atoms with Gasteiger partial charge >= 0.3 is 10.2 Å². The molecule has 0 aromatic heterocycles. The van der Waals surface area contributed by atoms with Crippen LogP contribution in [0, 0.1) is 6.92 Å². The highest BCUT2D eigenvalue weighted by Gasteiger charge is 2.30. The van der Waals surface area contributed by atoms with Gasteiger partial charge in [-0.25, -0.2) is 9.03 Å². The van der Waals surface area contributed by atoms with Gasteiger partial charge in [0.2, 0.25) is 5.88 Å². The van der Waals surface area contributed by atoms with E-state index in [1.54, 1.807) is 12.1 Å². The molecule has 0 aliphatic carbocycles. The van der Waals surface area contributed by atoms with Crippen LogP contribution in [-0.4, -0.2) is 18.6 Å². The van der Waals surface area contributed by atoms with Gasteiger partial charge in [0.15, 0.2) is 0 Å². The van der Waals surface area contributed by atoms with Crippen molar-refractivity contribution in [2.75, 3.05) is 4.31 Å². The number of nitrogens with zero attached hydrogens (tertiary/aromatic N) is 1. The molecule has 0 saturated carbocycles. The van der Waals surface area contributed by atoms with Crippen LogP contribution in [0.1, 0.15) is 50.2 Å². The maximum atomic E-state index is 11.9. The average Bonchev–Trinajstić information content (AvgIpc) is 2.73. The summed E-state index contributed by atoms with van der Waals surface area (Å²) in [6.07, 6.45) is 7.65. The molecule has 1 aliphatic heterocycles. The van der Waals surface area contributed by atoms with E-state index in [0.717, 1.165) is 40.9 Å². The highest BCUT2D eigenvalue weighted by molar-refractivity contribution is 7.91. The molecule has 23 heavy (non-hydrogen) atoms. The Balaban J connectivity index is 2.20. The van der Waals surface area contributed by atoms with Gasteiger partial charge in [0.25, 0.3) is 0 Å². The van der Waals surface area contributed by atoms with Gasteiger partial charge < -0.3 is 10.2 Å². The van der Waals surface area contributed by atoms with Crippen LogP contribution in [0.5, 0.6) is 5.75 Å². The smallest absolute Gasteiger partial charge is 0.330 e. The van der Waals surface area contributed by atoms with E-state index < -0.39 is 16.1 Å². The van der Waals surface area contributed by atoms with Crippen molar-refractivity contribution >= 4 is 15.9 Å². The quantitative estimate of drug-likeness (QED) is 0.665. The minimum Gasteiger partial charge on any atom is -0.506 e. The van der Waals surface area contributed by atoms with Crippen LogP contribution in [0.3, 0.4) is 0 Å². The lowest BCUT2D eigenvalue weighted by molar-refractivity contribution is 0.392. The molecule has 1 heterocycles. The molecule has 0 fully saturated rings. The fourth-order valence-corrected chi connectivity index (χ4v) is 3.74. The summed E-state index contributed by atoms with van der Waals surface area (Å²) < 4.78 is 26.7. The zero-order chi connectivity index (χ0) is 17.0. The summed E-state index contributed by atoms with van der Waals surface area (Å²) in [6.45, 7) is 4.07. The Morgan fingerprint density at radius 1 is 1.13 bits per heavy atom. The molecule has 1 aliphatic rings. The maximum absolute atomic E-state index is 11.9. The first-order valence-electron chi connectivity index (χ1n) is 7.90. The lowest BCUT2D eigenvalue weighted by atomic mass is 10.00. The van der Waals surface area contributed by atoms with E-state index >= 15 is 0 Å². The molecule has 0 spiro atoms. The van der Waals surface area contributed by atoms with E-state index in [9.17, 15) is 18.6 Å². The Kier molecular flexibility index (Phi) is 5.41. The third-order valence-corrected chi connectivity index (χ3v) is 5.24. The standard InChI is InChI=1S/C16H24N2O4S/c1-3-4-5-6-7-8-13-10-14(15(19)9-12(13)2)18-11-16(20)17-23(18,21)22/h9-11,17,19-20H,3-8H2,1-2H3. The molecule has 1 aromatic carbocycles. The third-order valence-electron chi connectivity index (χ3n) is 3.95. The molecule has 128 valence electrons. The number of benzene rings is 1. The second-order valence-electron chi connectivity index (χ2n) is 5.85. The first-order valence-corrected chi connectivity index (χ1v) is 9.34. The summed E-state index contributed by atoms with van der Waals surface area (Å²) >= 11 is 0. The number of aromatic hydroxyl groups is 1. The molecule has 7 heteroatoms. The number of nitrogens with one attached hydrogen (secondary N) is 1. The second kappa shape index (κ2) is 7.12. The topological polar surface area (TPSA) is 89.9 Å². The lowest BCUT2D eigenvalue weighted by Gasteiger charge is -2.18. The average molecular weight is 340 g/mol. The number of aryl methyl sites for hydroxylation is 2. The molecule has 1 aromatic rings. The predicted octanol–water partition coefficient (Wildman–Crippen LogP) is 3.22. The van der Waals surface area contributed by atoms with Crippen LogP contribution in [-0.2, 0) is 16.6 Å². The highest BCUT2D eigenvalue weighted by atomic mass is 32.2. The molecule has 6 nitrogen and oxygen atoms in total. The predicted molar refractivity (Wildman–Crippen MR) is 90.6 cm³/mol. The normalized spacial score (nSPS) is 16.3. The Morgan fingerprint density at radius 2 is 1.83 bits per heavy atom. The molecule has 0 bridgehead atoms. The van der Waals surface area contributed by atoms with Crippen molar-refractivity contribution in [3.8, 4) is 5.75 Å². The van der Waals surface area contributed by atoms with E-state index in [-0.39, 0.29) is 11.4 Å². The van der Waals surface area contributed by atoms with Crippen molar-refractivity contribution in [3.63, 3.8) is 0 Å². The summed E-state index contributed by atoms with van der Waals surface area (Å²) in [4.78, 5) is 0. The summed E-state index contributed by atoms with van der Waals surface area (Å²) in [6, 6.07) is 3.24. The maximum Gasteiger partial charge on any atom is 0.330 e. The van der Waals surface area contributed by atoms with Crippen LogP contribution in [0.2, 0.25) is 0 Å². The number of rotatable bonds is 7. The van der Waals surface area contributed by atoms with Crippen molar-refractivity contribution in [1.29, 1.82) is 0 Å². The Hall–Kier alpha value is -1.89. The summed E-state index contributed by atoms with van der Waals surface area (Å²) in [5.74, 6) is -0.598.